The minimum absolute atomic E-state index is 0.202. The van der Waals surface area contributed by atoms with E-state index in [0.717, 1.165) is 11.9 Å². The summed E-state index contributed by atoms with van der Waals surface area (Å²) in [4.78, 5) is 5.05. The molecule has 96 valence electrons. The van der Waals surface area contributed by atoms with Gasteiger partial charge in [0, 0.05) is 16.8 Å². The van der Waals surface area contributed by atoms with Gasteiger partial charge in [0.15, 0.2) is 9.84 Å². The van der Waals surface area contributed by atoms with Crippen LogP contribution in [0.1, 0.15) is 5.69 Å². The lowest BCUT2D eigenvalue weighted by molar-refractivity contribution is 0.454. The van der Waals surface area contributed by atoms with Crippen LogP contribution in [0.15, 0.2) is 43.9 Å². The van der Waals surface area contributed by atoms with E-state index in [-0.39, 0.29) is 4.90 Å². The van der Waals surface area contributed by atoms with E-state index < -0.39 is 9.84 Å². The lowest BCUT2D eigenvalue weighted by Crippen LogP contribution is -1.99. The first-order valence-electron chi connectivity index (χ1n) is 5.06. The standard InChI is InChI=1S/C11H12N2O3S2/c1-7-6-16-11(13-7)17-10-4-3-8(5-9(10)12)18(2,14)15/h3-6H,12H2,1-2H3. The lowest BCUT2D eigenvalue weighted by atomic mass is 10.3. The fourth-order valence-electron chi connectivity index (χ4n) is 1.32. The molecule has 0 aliphatic heterocycles. The van der Waals surface area contributed by atoms with Crippen molar-refractivity contribution in [3.8, 4) is 0 Å². The maximum atomic E-state index is 11.4. The maximum Gasteiger partial charge on any atom is 0.260 e. The van der Waals surface area contributed by atoms with Gasteiger partial charge in [-0.05, 0) is 36.9 Å². The monoisotopic (exact) mass is 284 g/mol. The van der Waals surface area contributed by atoms with Crippen molar-refractivity contribution >= 4 is 27.3 Å². The molecule has 0 unspecified atom stereocenters. The summed E-state index contributed by atoms with van der Waals surface area (Å²) in [7, 11) is -3.24. The Morgan fingerprint density at radius 1 is 1.39 bits per heavy atom. The molecule has 1 aromatic heterocycles. The highest BCUT2D eigenvalue weighted by molar-refractivity contribution is 7.99. The summed E-state index contributed by atoms with van der Waals surface area (Å²) in [5.41, 5.74) is 6.99. The molecule has 1 heterocycles. The van der Waals surface area contributed by atoms with E-state index in [1.807, 2.05) is 6.92 Å². The van der Waals surface area contributed by atoms with E-state index >= 15 is 0 Å². The molecule has 2 N–H and O–H groups in total. The Labute approximate surface area is 109 Å². The van der Waals surface area contributed by atoms with Crippen LogP contribution in [0.3, 0.4) is 0 Å². The normalized spacial score (nSPS) is 11.7. The number of anilines is 1. The van der Waals surface area contributed by atoms with Crippen molar-refractivity contribution in [3.63, 3.8) is 0 Å². The van der Waals surface area contributed by atoms with Crippen LogP contribution in [0, 0.1) is 6.92 Å². The number of rotatable bonds is 3. The third kappa shape index (κ3) is 2.85. The second-order valence-electron chi connectivity index (χ2n) is 3.83. The van der Waals surface area contributed by atoms with Crippen molar-refractivity contribution in [2.24, 2.45) is 0 Å². The molecule has 0 aliphatic rings. The topological polar surface area (TPSA) is 86.2 Å². The first-order chi connectivity index (χ1) is 8.36. The van der Waals surface area contributed by atoms with Gasteiger partial charge in [0.1, 0.15) is 6.26 Å². The minimum atomic E-state index is -3.24. The predicted octanol–water partition coefficient (Wildman–Crippen LogP) is 2.12. The van der Waals surface area contributed by atoms with Gasteiger partial charge in [0.2, 0.25) is 0 Å². The first-order valence-corrected chi connectivity index (χ1v) is 7.76. The number of oxazole rings is 1. The zero-order valence-electron chi connectivity index (χ0n) is 9.88. The summed E-state index contributed by atoms with van der Waals surface area (Å²) in [6.45, 7) is 1.82. The fourth-order valence-corrected chi connectivity index (χ4v) is 2.77. The molecule has 2 rings (SSSR count). The second kappa shape index (κ2) is 4.66. The van der Waals surface area contributed by atoms with E-state index in [1.54, 1.807) is 12.3 Å². The highest BCUT2D eigenvalue weighted by atomic mass is 32.2. The number of aromatic nitrogens is 1. The number of nitrogens with two attached hydrogens (primary N) is 1. The minimum Gasteiger partial charge on any atom is -0.439 e. The number of aryl methyl sites for hydroxylation is 1. The Morgan fingerprint density at radius 3 is 2.61 bits per heavy atom. The van der Waals surface area contributed by atoms with Crippen LogP contribution in [0.4, 0.5) is 5.69 Å². The van der Waals surface area contributed by atoms with Gasteiger partial charge in [-0.2, -0.15) is 0 Å². The molecule has 0 amide bonds. The van der Waals surface area contributed by atoms with Gasteiger partial charge >= 0.3 is 0 Å². The highest BCUT2D eigenvalue weighted by Crippen LogP contribution is 2.32. The Kier molecular flexibility index (Phi) is 3.36. The molecular formula is C11H12N2O3S2. The van der Waals surface area contributed by atoms with Crippen molar-refractivity contribution in [1.29, 1.82) is 0 Å². The van der Waals surface area contributed by atoms with Crippen LogP contribution in [0.25, 0.3) is 0 Å². The lowest BCUT2D eigenvalue weighted by Gasteiger charge is -2.04. The van der Waals surface area contributed by atoms with Crippen LogP contribution in [0.5, 0.6) is 0 Å². The first kappa shape index (κ1) is 13.0. The van der Waals surface area contributed by atoms with E-state index in [0.29, 0.717) is 15.8 Å². The van der Waals surface area contributed by atoms with Gasteiger partial charge in [0.05, 0.1) is 10.6 Å². The number of nitrogens with zero attached hydrogens (tertiary/aromatic N) is 1. The summed E-state index contributed by atoms with van der Waals surface area (Å²) in [6, 6.07) is 4.60. The molecule has 0 bridgehead atoms. The zero-order valence-corrected chi connectivity index (χ0v) is 11.5. The van der Waals surface area contributed by atoms with E-state index in [1.165, 1.54) is 23.9 Å². The molecule has 0 atom stereocenters. The third-order valence-corrected chi connectivity index (χ3v) is 4.27. The van der Waals surface area contributed by atoms with Crippen molar-refractivity contribution in [2.45, 2.75) is 21.9 Å². The van der Waals surface area contributed by atoms with Crippen LogP contribution in [-0.4, -0.2) is 19.7 Å². The number of benzene rings is 1. The zero-order chi connectivity index (χ0) is 13.3. The Hall–Kier alpha value is -1.47. The van der Waals surface area contributed by atoms with Gasteiger partial charge in [-0.1, -0.05) is 0 Å². The van der Waals surface area contributed by atoms with Gasteiger partial charge in [-0.25, -0.2) is 13.4 Å². The molecule has 0 fully saturated rings. The summed E-state index contributed by atoms with van der Waals surface area (Å²) < 4.78 is 27.9. The van der Waals surface area contributed by atoms with Crippen LogP contribution < -0.4 is 5.73 Å². The molecule has 18 heavy (non-hydrogen) atoms. The van der Waals surface area contributed by atoms with Gasteiger partial charge in [-0.15, -0.1) is 0 Å². The summed E-state index contributed by atoms with van der Waals surface area (Å²) >= 11 is 1.26. The van der Waals surface area contributed by atoms with E-state index in [4.69, 9.17) is 10.2 Å². The largest absolute Gasteiger partial charge is 0.439 e. The molecule has 7 heteroatoms. The maximum absolute atomic E-state index is 11.4. The summed E-state index contributed by atoms with van der Waals surface area (Å²) in [6.07, 6.45) is 2.69. The smallest absolute Gasteiger partial charge is 0.260 e. The van der Waals surface area contributed by atoms with Crippen molar-refractivity contribution in [1.82, 2.24) is 4.98 Å². The van der Waals surface area contributed by atoms with Gasteiger partial charge in [0.25, 0.3) is 5.22 Å². The van der Waals surface area contributed by atoms with Crippen molar-refractivity contribution in [3.05, 3.63) is 30.2 Å². The van der Waals surface area contributed by atoms with Crippen molar-refractivity contribution in [2.75, 3.05) is 12.0 Å². The van der Waals surface area contributed by atoms with Gasteiger partial charge < -0.3 is 10.2 Å². The Bertz CT molecular complexity index is 677. The molecular weight excluding hydrogens is 272 g/mol. The predicted molar refractivity (Wildman–Crippen MR) is 69.3 cm³/mol. The van der Waals surface area contributed by atoms with E-state index in [9.17, 15) is 8.42 Å². The summed E-state index contributed by atoms with van der Waals surface area (Å²) in [5.74, 6) is 0. The molecule has 0 saturated carbocycles. The second-order valence-corrected chi connectivity index (χ2v) is 6.84. The van der Waals surface area contributed by atoms with Crippen LogP contribution in [0.2, 0.25) is 0 Å². The number of nitrogen functional groups attached to an aromatic ring is 1. The molecule has 0 aliphatic carbocycles. The fraction of sp³-hybridized carbons (Fsp3) is 0.182. The SMILES string of the molecule is Cc1coc(Sc2ccc(S(C)(=O)=O)cc2N)n1. The number of hydrogen-bond acceptors (Lipinski definition) is 6. The van der Waals surface area contributed by atoms with Crippen LogP contribution >= 0.6 is 11.8 Å². The Morgan fingerprint density at radius 2 is 2.11 bits per heavy atom. The molecule has 2 aromatic rings. The molecule has 5 nitrogen and oxygen atoms in total. The van der Waals surface area contributed by atoms with E-state index in [2.05, 4.69) is 4.98 Å². The average Bonchev–Trinajstić information content (AvgIpc) is 2.65. The number of sulfone groups is 1. The highest BCUT2D eigenvalue weighted by Gasteiger charge is 2.12. The number of hydrogen-bond donors (Lipinski definition) is 1. The van der Waals surface area contributed by atoms with Crippen molar-refractivity contribution < 1.29 is 12.8 Å². The molecule has 0 spiro atoms. The third-order valence-electron chi connectivity index (χ3n) is 2.20. The molecule has 0 radical (unpaired) electrons. The molecule has 0 saturated heterocycles. The quantitative estimate of drug-likeness (QED) is 0.869. The summed E-state index contributed by atoms with van der Waals surface area (Å²) in [5, 5.41) is 0.478. The average molecular weight is 284 g/mol. The van der Waals surface area contributed by atoms with Gasteiger partial charge in [-0.3, -0.25) is 0 Å². The van der Waals surface area contributed by atoms with Crippen LogP contribution in [-0.2, 0) is 9.84 Å². The molecule has 1 aromatic carbocycles. The Balaban J connectivity index is 2.31.